The van der Waals surface area contributed by atoms with Crippen LogP contribution in [-0.4, -0.2) is 141 Å². The number of aliphatic imine (C=N–C) groups is 1. The average Bonchev–Trinajstić information content (AvgIpc) is 3.95. The number of fused-ring (bicyclic) bond motifs is 2. The molecule has 0 radical (unpaired) electrons. The van der Waals surface area contributed by atoms with Crippen LogP contribution >= 0.6 is 0 Å². The Bertz CT molecular complexity index is 2710. The molecule has 6 rings (SSSR count). The van der Waals surface area contributed by atoms with Crippen molar-refractivity contribution in [3.05, 3.63) is 84.2 Å². The van der Waals surface area contributed by atoms with Crippen molar-refractivity contribution in [1.82, 2.24) is 41.6 Å². The normalized spacial score (nSPS) is 16.4. The van der Waals surface area contributed by atoms with Crippen LogP contribution in [0.2, 0.25) is 0 Å². The van der Waals surface area contributed by atoms with Gasteiger partial charge in [0.1, 0.15) is 23.9 Å². The van der Waals surface area contributed by atoms with Gasteiger partial charge < -0.3 is 44.5 Å². The minimum absolute atomic E-state index is 0.0671. The van der Waals surface area contributed by atoms with Gasteiger partial charge in [0.2, 0.25) is 23.6 Å². The minimum Gasteiger partial charge on any atom is -0.497 e. The van der Waals surface area contributed by atoms with Crippen LogP contribution < -0.4 is 55.9 Å². The van der Waals surface area contributed by atoms with Gasteiger partial charge in [0.15, 0.2) is 23.0 Å². The van der Waals surface area contributed by atoms with Gasteiger partial charge in [-0.25, -0.2) is 10.4 Å². The van der Waals surface area contributed by atoms with Crippen LogP contribution in [0.1, 0.15) is 106 Å². The Balaban J connectivity index is 0.988. The molecule has 7 amide bonds. The SMILES string of the molecule is C=CNC(=O)c1cc(OC)c(OCCCOc2cc3c(cc2OC)C(=O)N2C=C(c4ccc(OC)cc4)CC2C=N3)cc1NNC(=O)[C@H](C)NC(=O)[C@@H](NC(=O)CCCCCN1C(=O)CC(NN(CC)CC)C1=O)C(C)C. The summed E-state index contributed by atoms with van der Waals surface area (Å²) in [6.07, 6.45) is 7.60. The Hall–Kier alpha value is -7.98. The van der Waals surface area contributed by atoms with Crippen molar-refractivity contribution in [2.45, 2.75) is 104 Å². The second kappa shape index (κ2) is 27.7. The first kappa shape index (κ1) is 58.3. The summed E-state index contributed by atoms with van der Waals surface area (Å²) in [5, 5.41) is 9.83. The van der Waals surface area contributed by atoms with Gasteiger partial charge in [0.25, 0.3) is 17.7 Å². The van der Waals surface area contributed by atoms with Gasteiger partial charge in [-0.3, -0.25) is 54.3 Å². The first-order chi connectivity index (χ1) is 37.0. The average molecular weight is 1070 g/mol. The van der Waals surface area contributed by atoms with Crippen LogP contribution in [0.15, 0.2) is 72.5 Å². The number of methoxy groups -OCH3 is 3. The molecule has 0 saturated carbocycles. The summed E-state index contributed by atoms with van der Waals surface area (Å²) in [6, 6.07) is 11.0. The Labute approximate surface area is 449 Å². The maximum Gasteiger partial charge on any atom is 0.260 e. The second-order valence-electron chi connectivity index (χ2n) is 18.8. The maximum absolute atomic E-state index is 13.9. The lowest BCUT2D eigenvalue weighted by Gasteiger charge is -2.24. The van der Waals surface area contributed by atoms with Crippen molar-refractivity contribution in [2.75, 3.05) is 59.6 Å². The van der Waals surface area contributed by atoms with E-state index in [-0.39, 0.29) is 90.9 Å². The van der Waals surface area contributed by atoms with Crippen LogP contribution in [-0.2, 0) is 24.0 Å². The molecule has 1 saturated heterocycles. The number of carbonyl (C=O) groups excluding carboxylic acids is 7. The fourth-order valence-electron chi connectivity index (χ4n) is 8.86. The lowest BCUT2D eigenvalue weighted by atomic mass is 10.0. The van der Waals surface area contributed by atoms with Crippen LogP contribution in [0.3, 0.4) is 0 Å². The van der Waals surface area contributed by atoms with Gasteiger partial charge in [0, 0.05) is 63.4 Å². The number of rotatable bonds is 29. The van der Waals surface area contributed by atoms with Gasteiger partial charge in [0.05, 0.1) is 69.5 Å². The summed E-state index contributed by atoms with van der Waals surface area (Å²) in [4.78, 5) is 99.9. The predicted octanol–water partition coefficient (Wildman–Crippen LogP) is 5.03. The predicted molar refractivity (Wildman–Crippen MR) is 289 cm³/mol. The lowest BCUT2D eigenvalue weighted by Crippen LogP contribution is -2.55. The molecule has 0 bridgehead atoms. The number of imide groups is 1. The Morgan fingerprint density at radius 3 is 2.16 bits per heavy atom. The molecule has 0 spiro atoms. The third-order valence-corrected chi connectivity index (χ3v) is 13.2. The molecular weight excluding hydrogens is 993 g/mol. The van der Waals surface area contributed by atoms with E-state index in [9.17, 15) is 33.6 Å². The van der Waals surface area contributed by atoms with Crippen molar-refractivity contribution in [1.29, 1.82) is 0 Å². The Morgan fingerprint density at radius 2 is 1.51 bits per heavy atom. The number of ether oxygens (including phenoxy) is 5. The van der Waals surface area contributed by atoms with Crippen molar-refractivity contribution < 1.29 is 57.2 Å². The molecule has 0 aromatic heterocycles. The number of carbonyl (C=O) groups is 7. The third kappa shape index (κ3) is 14.9. The minimum atomic E-state index is -1.09. The summed E-state index contributed by atoms with van der Waals surface area (Å²) in [7, 11) is 4.52. The van der Waals surface area contributed by atoms with E-state index in [1.54, 1.807) is 44.2 Å². The molecule has 3 aliphatic rings. The van der Waals surface area contributed by atoms with Crippen LogP contribution in [0.5, 0.6) is 28.7 Å². The fraction of sp³-hybridized carbons (Fsp3) is 0.455. The third-order valence-electron chi connectivity index (χ3n) is 13.2. The van der Waals surface area contributed by atoms with Crippen LogP contribution in [0, 0.1) is 5.92 Å². The fourth-order valence-corrected chi connectivity index (χ4v) is 8.86. The number of hydrogen-bond donors (Lipinski definition) is 6. The molecule has 3 aromatic carbocycles. The van der Waals surface area contributed by atoms with Gasteiger partial charge in [-0.05, 0) is 67.3 Å². The molecule has 3 aromatic rings. The molecule has 414 valence electrons. The zero-order valence-electron chi connectivity index (χ0n) is 45.1. The van der Waals surface area contributed by atoms with E-state index < -0.39 is 35.8 Å². The van der Waals surface area contributed by atoms with Crippen molar-refractivity contribution >= 4 is 64.5 Å². The summed E-state index contributed by atoms with van der Waals surface area (Å²) >= 11 is 0. The highest BCUT2D eigenvalue weighted by Crippen LogP contribution is 2.40. The number of anilines is 1. The molecule has 6 N–H and O–H groups in total. The highest BCUT2D eigenvalue weighted by Gasteiger charge is 2.39. The topological polar surface area (TPSA) is 260 Å². The molecule has 22 nitrogen and oxygen atoms in total. The van der Waals surface area contributed by atoms with Crippen molar-refractivity contribution in [3.8, 4) is 28.7 Å². The highest BCUT2D eigenvalue weighted by molar-refractivity contribution is 6.06. The van der Waals surface area contributed by atoms with E-state index in [2.05, 4.69) is 43.8 Å². The molecule has 2 unspecified atom stereocenters. The van der Waals surface area contributed by atoms with E-state index in [0.717, 1.165) is 16.9 Å². The Morgan fingerprint density at radius 1 is 0.818 bits per heavy atom. The molecule has 22 heteroatoms. The monoisotopic (exact) mass is 1060 g/mol. The molecule has 3 aliphatic heterocycles. The molecule has 3 heterocycles. The number of hydrazine groups is 2. The summed E-state index contributed by atoms with van der Waals surface area (Å²) < 4.78 is 28.7. The number of nitrogens with zero attached hydrogens (tertiary/aromatic N) is 4. The van der Waals surface area contributed by atoms with Gasteiger partial charge in [-0.2, -0.15) is 0 Å². The first-order valence-electron chi connectivity index (χ1n) is 25.9. The number of amides is 7. The van der Waals surface area contributed by atoms with E-state index in [4.69, 9.17) is 23.7 Å². The van der Waals surface area contributed by atoms with Gasteiger partial charge in [-0.1, -0.05) is 52.8 Å². The summed E-state index contributed by atoms with van der Waals surface area (Å²) in [5.41, 5.74) is 11.4. The van der Waals surface area contributed by atoms with Crippen molar-refractivity contribution in [3.63, 3.8) is 0 Å². The summed E-state index contributed by atoms with van der Waals surface area (Å²) in [5.74, 6) is -1.27. The second-order valence-corrected chi connectivity index (χ2v) is 18.8. The van der Waals surface area contributed by atoms with Crippen LogP contribution in [0.25, 0.3) is 5.57 Å². The number of unbranched alkanes of at least 4 members (excludes halogenated alkanes) is 2. The maximum atomic E-state index is 13.9. The zero-order valence-corrected chi connectivity index (χ0v) is 45.1. The van der Waals surface area contributed by atoms with Gasteiger partial charge in [-0.15, -0.1) is 0 Å². The molecular formula is C55H72N10O12. The molecule has 4 atom stereocenters. The zero-order chi connectivity index (χ0) is 55.8. The van der Waals surface area contributed by atoms with Gasteiger partial charge >= 0.3 is 0 Å². The number of nitrogens with one attached hydrogen (secondary N) is 6. The molecule has 0 aliphatic carbocycles. The first-order valence-corrected chi connectivity index (χ1v) is 25.9. The lowest BCUT2D eigenvalue weighted by molar-refractivity contribution is -0.139. The van der Waals surface area contributed by atoms with E-state index in [1.165, 1.54) is 44.4 Å². The quantitative estimate of drug-likeness (QED) is 0.0303. The van der Waals surface area contributed by atoms with E-state index in [0.29, 0.717) is 67.9 Å². The van der Waals surface area contributed by atoms with Crippen molar-refractivity contribution in [2.24, 2.45) is 10.9 Å². The standard InChI is InChI=1S/C55H72N10O12/c1-10-56-52(69)39-26-44(74-8)47(77-24-16-23-76-46-28-41-40(27-45(46)75-9)54(71)65-32-36(25-37(65)31-57-41)35-18-20-38(73-7)21-19-35)29-42(39)60-61-51(68)34(6)58-53(70)50(33(4)5)59-48(66)17-14-13-15-22-64-49(67)30-43(55(64)72)62-63(11-2)12-3/h10,18-21,26-29,31-34,37,43,50,60,62H,1,11-17,22-25,30H2,2-9H3,(H,56,69)(H,58,70)(H,59,66)(H,61,68)/t34-,37?,43?,50-/m0/s1. The van der Waals surface area contributed by atoms with E-state index >= 15 is 0 Å². The summed E-state index contributed by atoms with van der Waals surface area (Å²) in [6.45, 7) is 14.4. The number of benzene rings is 3. The molecule has 1 fully saturated rings. The largest absolute Gasteiger partial charge is 0.497 e. The van der Waals surface area contributed by atoms with E-state index in [1.807, 2.05) is 49.3 Å². The number of hydrogen-bond acceptors (Lipinski definition) is 16. The number of likely N-dealkylation sites (tertiary alicyclic amines) is 1. The highest BCUT2D eigenvalue weighted by atomic mass is 16.5. The van der Waals surface area contributed by atoms with Crippen LogP contribution in [0.4, 0.5) is 11.4 Å². The molecule has 77 heavy (non-hydrogen) atoms. The smallest absolute Gasteiger partial charge is 0.260 e. The Kier molecular flexibility index (Phi) is 21.0.